The SMILES string of the molecule is CCCCOc1ccc(C(=O)Nc2ccc(-c3ccc4c(c3)C(=O)N(C(C(=O)O)C(C)C)C4)c(Cl)c2)cc1. The zero-order chi connectivity index (χ0) is 27.4. The van der Waals surface area contributed by atoms with Crippen LogP contribution in [0.5, 0.6) is 5.75 Å². The van der Waals surface area contributed by atoms with Crippen molar-refractivity contribution in [1.82, 2.24) is 4.90 Å². The van der Waals surface area contributed by atoms with Gasteiger partial charge in [-0.2, -0.15) is 0 Å². The summed E-state index contributed by atoms with van der Waals surface area (Å²) in [5.41, 5.74) is 3.73. The van der Waals surface area contributed by atoms with E-state index >= 15 is 0 Å². The molecule has 1 atom stereocenters. The van der Waals surface area contributed by atoms with Gasteiger partial charge in [-0.3, -0.25) is 9.59 Å². The summed E-state index contributed by atoms with van der Waals surface area (Å²) in [7, 11) is 0. The lowest BCUT2D eigenvalue weighted by atomic mass is 10.00. The molecule has 0 saturated heterocycles. The number of unbranched alkanes of at least 4 members (excludes halogenated alkanes) is 1. The molecule has 1 unspecified atom stereocenters. The third-order valence-corrected chi connectivity index (χ3v) is 6.90. The molecule has 2 amide bonds. The molecule has 1 heterocycles. The topological polar surface area (TPSA) is 95.9 Å². The molecule has 7 nitrogen and oxygen atoms in total. The van der Waals surface area contributed by atoms with Gasteiger partial charge in [0, 0.05) is 28.9 Å². The Bertz CT molecular complexity index is 1350. The molecule has 2 N–H and O–H groups in total. The number of hydrogen-bond acceptors (Lipinski definition) is 4. The van der Waals surface area contributed by atoms with Crippen LogP contribution in [0.25, 0.3) is 11.1 Å². The number of fused-ring (bicyclic) bond motifs is 1. The lowest BCUT2D eigenvalue weighted by molar-refractivity contribution is -0.144. The highest BCUT2D eigenvalue weighted by Crippen LogP contribution is 2.35. The van der Waals surface area contributed by atoms with Crippen molar-refractivity contribution in [2.45, 2.75) is 46.2 Å². The maximum absolute atomic E-state index is 13.1. The first-order valence-electron chi connectivity index (χ1n) is 12.7. The number of halogens is 1. The molecule has 1 aliphatic rings. The molecule has 0 fully saturated rings. The van der Waals surface area contributed by atoms with Crippen molar-refractivity contribution in [3.8, 4) is 16.9 Å². The van der Waals surface area contributed by atoms with Gasteiger partial charge in [0.05, 0.1) is 11.6 Å². The number of carbonyl (C=O) groups excluding carboxylic acids is 2. The van der Waals surface area contributed by atoms with E-state index in [0.29, 0.717) is 34.0 Å². The predicted molar refractivity (Wildman–Crippen MR) is 148 cm³/mol. The van der Waals surface area contributed by atoms with Crippen molar-refractivity contribution in [1.29, 1.82) is 0 Å². The van der Waals surface area contributed by atoms with Gasteiger partial charge in [0.2, 0.25) is 0 Å². The largest absolute Gasteiger partial charge is 0.494 e. The smallest absolute Gasteiger partial charge is 0.326 e. The highest BCUT2D eigenvalue weighted by Gasteiger charge is 2.38. The van der Waals surface area contributed by atoms with Gasteiger partial charge < -0.3 is 20.1 Å². The van der Waals surface area contributed by atoms with Gasteiger partial charge in [-0.05, 0) is 65.9 Å². The summed E-state index contributed by atoms with van der Waals surface area (Å²) in [6, 6.07) is 16.7. The van der Waals surface area contributed by atoms with Crippen LogP contribution in [0.1, 0.15) is 59.9 Å². The van der Waals surface area contributed by atoms with Crippen LogP contribution in [0.2, 0.25) is 5.02 Å². The summed E-state index contributed by atoms with van der Waals surface area (Å²) >= 11 is 6.58. The molecule has 0 aromatic heterocycles. The van der Waals surface area contributed by atoms with Crippen LogP contribution >= 0.6 is 11.6 Å². The number of carbonyl (C=O) groups is 3. The minimum Gasteiger partial charge on any atom is -0.494 e. The third kappa shape index (κ3) is 5.83. The van der Waals surface area contributed by atoms with E-state index in [-0.39, 0.29) is 24.3 Å². The summed E-state index contributed by atoms with van der Waals surface area (Å²) < 4.78 is 5.64. The quantitative estimate of drug-likeness (QED) is 0.289. The van der Waals surface area contributed by atoms with Crippen LogP contribution in [-0.4, -0.2) is 40.4 Å². The van der Waals surface area contributed by atoms with Crippen LogP contribution in [0.3, 0.4) is 0 Å². The van der Waals surface area contributed by atoms with Crippen LogP contribution in [0.15, 0.2) is 60.7 Å². The monoisotopic (exact) mass is 534 g/mol. The average Bonchev–Trinajstić information content (AvgIpc) is 3.19. The number of carboxylic acid groups (broad SMARTS) is 1. The second-order valence-corrected chi connectivity index (χ2v) is 10.1. The van der Waals surface area contributed by atoms with E-state index in [2.05, 4.69) is 12.2 Å². The van der Waals surface area contributed by atoms with Gasteiger partial charge in [-0.25, -0.2) is 4.79 Å². The molecular weight excluding hydrogens is 504 g/mol. The molecule has 0 spiro atoms. The first-order valence-corrected chi connectivity index (χ1v) is 13.1. The Kier molecular flexibility index (Phi) is 8.37. The van der Waals surface area contributed by atoms with E-state index in [9.17, 15) is 19.5 Å². The fourth-order valence-corrected chi connectivity index (χ4v) is 4.85. The van der Waals surface area contributed by atoms with Crippen LogP contribution in [-0.2, 0) is 11.3 Å². The second kappa shape index (κ2) is 11.7. The highest BCUT2D eigenvalue weighted by molar-refractivity contribution is 6.33. The number of rotatable bonds is 10. The molecule has 0 aliphatic carbocycles. The fraction of sp³-hybridized carbons (Fsp3) is 0.300. The van der Waals surface area contributed by atoms with E-state index in [1.54, 1.807) is 62.4 Å². The molecule has 0 radical (unpaired) electrons. The molecule has 1 aliphatic heterocycles. The highest BCUT2D eigenvalue weighted by atomic mass is 35.5. The van der Waals surface area contributed by atoms with E-state index in [1.165, 1.54) is 4.90 Å². The molecule has 3 aromatic carbocycles. The molecular formula is C30H31ClN2O5. The van der Waals surface area contributed by atoms with Gasteiger partial charge >= 0.3 is 5.97 Å². The minimum atomic E-state index is -1.02. The number of anilines is 1. The van der Waals surface area contributed by atoms with Crippen molar-refractivity contribution in [2.24, 2.45) is 5.92 Å². The molecule has 38 heavy (non-hydrogen) atoms. The van der Waals surface area contributed by atoms with Crippen LogP contribution < -0.4 is 10.1 Å². The zero-order valence-electron chi connectivity index (χ0n) is 21.7. The standard InChI is InChI=1S/C30H31ClN2O5/c1-4-5-14-38-23-11-8-19(9-12-23)28(34)32-22-10-13-24(26(31)16-22)20-6-7-21-17-33(29(35)25(21)15-20)27(18(2)3)30(36)37/h6-13,15-16,18,27H,4-5,14,17H2,1-3H3,(H,32,34)(H,36,37). The molecule has 8 heteroatoms. The maximum atomic E-state index is 13.1. The molecule has 0 saturated carbocycles. The maximum Gasteiger partial charge on any atom is 0.326 e. The Balaban J connectivity index is 1.47. The molecule has 3 aromatic rings. The molecule has 4 rings (SSSR count). The van der Waals surface area contributed by atoms with Crippen molar-refractivity contribution in [2.75, 3.05) is 11.9 Å². The summed E-state index contributed by atoms with van der Waals surface area (Å²) in [4.78, 5) is 39.0. The van der Waals surface area contributed by atoms with Gasteiger partial charge in [-0.1, -0.05) is 57.0 Å². The summed E-state index contributed by atoms with van der Waals surface area (Å²) in [6.45, 7) is 6.58. The predicted octanol–water partition coefficient (Wildman–Crippen LogP) is 6.50. The Morgan fingerprint density at radius 1 is 1.05 bits per heavy atom. The van der Waals surface area contributed by atoms with Crippen LogP contribution in [0, 0.1) is 5.92 Å². The normalized spacial score (nSPS) is 13.4. The van der Waals surface area contributed by atoms with E-state index in [4.69, 9.17) is 16.3 Å². The Labute approximate surface area is 227 Å². The number of nitrogens with one attached hydrogen (secondary N) is 1. The number of nitrogens with zero attached hydrogens (tertiary/aromatic N) is 1. The third-order valence-electron chi connectivity index (χ3n) is 6.58. The summed E-state index contributed by atoms with van der Waals surface area (Å²) in [5.74, 6) is -1.08. The number of aliphatic carboxylic acids is 1. The van der Waals surface area contributed by atoms with Gasteiger partial charge in [0.1, 0.15) is 11.8 Å². The second-order valence-electron chi connectivity index (χ2n) is 9.71. The van der Waals surface area contributed by atoms with Crippen LogP contribution in [0.4, 0.5) is 5.69 Å². The summed E-state index contributed by atoms with van der Waals surface area (Å²) in [5, 5.41) is 12.9. The first kappa shape index (κ1) is 27.2. The number of carboxylic acids is 1. The van der Waals surface area contributed by atoms with Gasteiger partial charge in [0.25, 0.3) is 11.8 Å². The number of ether oxygens (including phenoxy) is 1. The summed E-state index contributed by atoms with van der Waals surface area (Å²) in [6.07, 6.45) is 2.03. The van der Waals surface area contributed by atoms with Crippen molar-refractivity contribution >= 4 is 35.1 Å². The van der Waals surface area contributed by atoms with E-state index in [0.717, 1.165) is 29.7 Å². The van der Waals surface area contributed by atoms with Crippen molar-refractivity contribution < 1.29 is 24.2 Å². The van der Waals surface area contributed by atoms with Crippen molar-refractivity contribution in [3.05, 3.63) is 82.4 Å². The van der Waals surface area contributed by atoms with Gasteiger partial charge in [-0.15, -0.1) is 0 Å². The van der Waals surface area contributed by atoms with Gasteiger partial charge in [0.15, 0.2) is 0 Å². The number of amides is 2. The molecule has 198 valence electrons. The Morgan fingerprint density at radius 3 is 2.42 bits per heavy atom. The first-order chi connectivity index (χ1) is 18.2. The Morgan fingerprint density at radius 2 is 1.79 bits per heavy atom. The Hall–Kier alpha value is -3.84. The molecule has 0 bridgehead atoms. The fourth-order valence-electron chi connectivity index (χ4n) is 4.56. The number of benzene rings is 3. The average molecular weight is 535 g/mol. The lowest BCUT2D eigenvalue weighted by Gasteiger charge is -2.27. The minimum absolute atomic E-state index is 0.223. The van der Waals surface area contributed by atoms with E-state index in [1.807, 2.05) is 12.1 Å². The lowest BCUT2D eigenvalue weighted by Crippen LogP contribution is -2.44. The zero-order valence-corrected chi connectivity index (χ0v) is 22.4. The number of hydrogen-bond donors (Lipinski definition) is 2. The van der Waals surface area contributed by atoms with Crippen molar-refractivity contribution in [3.63, 3.8) is 0 Å². The van der Waals surface area contributed by atoms with E-state index < -0.39 is 12.0 Å².